The van der Waals surface area contributed by atoms with E-state index < -0.39 is 17.5 Å². The first-order chi connectivity index (χ1) is 11.6. The van der Waals surface area contributed by atoms with Gasteiger partial charge in [-0.3, -0.25) is 0 Å². The van der Waals surface area contributed by atoms with Crippen molar-refractivity contribution >= 4 is 0 Å². The van der Waals surface area contributed by atoms with Crippen LogP contribution in [0, 0.1) is 35.2 Å². The van der Waals surface area contributed by atoms with Gasteiger partial charge in [0.2, 0.25) is 0 Å². The van der Waals surface area contributed by atoms with E-state index >= 15 is 0 Å². The van der Waals surface area contributed by atoms with Crippen LogP contribution < -0.4 is 0 Å². The first-order valence-corrected chi connectivity index (χ1v) is 9.72. The van der Waals surface area contributed by atoms with Crippen LogP contribution in [0.15, 0.2) is 12.1 Å². The molecule has 0 nitrogen and oxygen atoms in total. The van der Waals surface area contributed by atoms with Gasteiger partial charge in [-0.05, 0) is 79.9 Å². The molecule has 0 amide bonds. The summed E-state index contributed by atoms with van der Waals surface area (Å²) in [7, 11) is 0. The first kappa shape index (κ1) is 17.8. The molecule has 0 unspecified atom stereocenters. The van der Waals surface area contributed by atoms with Crippen LogP contribution in [-0.4, -0.2) is 0 Å². The van der Waals surface area contributed by atoms with Crippen LogP contribution in [-0.2, 0) is 0 Å². The van der Waals surface area contributed by atoms with Crippen molar-refractivity contribution in [3.8, 4) is 0 Å². The molecule has 0 spiro atoms. The Morgan fingerprint density at radius 2 is 1.29 bits per heavy atom. The number of halogens is 3. The maximum absolute atomic E-state index is 13.4. The van der Waals surface area contributed by atoms with Crippen molar-refractivity contribution in [1.82, 2.24) is 0 Å². The Balaban J connectivity index is 1.53. The van der Waals surface area contributed by atoms with Crippen molar-refractivity contribution < 1.29 is 13.2 Å². The molecule has 0 saturated heterocycles. The average molecular weight is 338 g/mol. The first-order valence-electron chi connectivity index (χ1n) is 9.72. The summed E-state index contributed by atoms with van der Waals surface area (Å²) in [6, 6.07) is 2.39. The molecule has 0 aliphatic heterocycles. The zero-order chi connectivity index (χ0) is 17.1. The standard InChI is InChI=1S/C21H29F3/c1-2-3-14-4-6-15(7-5-14)16-8-10-17(11-9-16)18-12-19(22)21(24)20(23)13-18/h12-17H,2-11H2,1H3. The fourth-order valence-corrected chi connectivity index (χ4v) is 5.09. The minimum absolute atomic E-state index is 0.183. The van der Waals surface area contributed by atoms with E-state index in [1.807, 2.05) is 0 Å². The smallest absolute Gasteiger partial charge is 0.194 e. The lowest BCUT2D eigenvalue weighted by Gasteiger charge is -2.38. The molecule has 2 aliphatic rings. The predicted octanol–water partition coefficient (Wildman–Crippen LogP) is 6.98. The van der Waals surface area contributed by atoms with Crippen LogP contribution in [0.5, 0.6) is 0 Å². The van der Waals surface area contributed by atoms with E-state index in [1.54, 1.807) is 0 Å². The molecule has 0 bridgehead atoms. The van der Waals surface area contributed by atoms with Crippen molar-refractivity contribution in [3.05, 3.63) is 35.1 Å². The van der Waals surface area contributed by atoms with E-state index in [0.717, 1.165) is 43.4 Å². The number of rotatable bonds is 4. The summed E-state index contributed by atoms with van der Waals surface area (Å²) in [6.45, 7) is 2.27. The van der Waals surface area contributed by atoms with Crippen LogP contribution in [0.3, 0.4) is 0 Å². The topological polar surface area (TPSA) is 0 Å². The molecule has 0 N–H and O–H groups in total. The molecule has 0 aromatic heterocycles. The van der Waals surface area contributed by atoms with Gasteiger partial charge in [0.25, 0.3) is 0 Å². The number of hydrogen-bond donors (Lipinski definition) is 0. The quantitative estimate of drug-likeness (QED) is 0.519. The molecule has 0 radical (unpaired) electrons. The van der Waals surface area contributed by atoms with Crippen LogP contribution >= 0.6 is 0 Å². The van der Waals surface area contributed by atoms with E-state index in [0.29, 0.717) is 5.56 Å². The fraction of sp³-hybridized carbons (Fsp3) is 0.714. The molecule has 1 aromatic carbocycles. The summed E-state index contributed by atoms with van der Waals surface area (Å²) in [4.78, 5) is 0. The minimum Gasteiger partial charge on any atom is -0.204 e. The second-order valence-electron chi connectivity index (χ2n) is 7.98. The van der Waals surface area contributed by atoms with E-state index in [-0.39, 0.29) is 5.92 Å². The highest BCUT2D eigenvalue weighted by Crippen LogP contribution is 2.44. The Kier molecular flexibility index (Phi) is 5.89. The summed E-state index contributed by atoms with van der Waals surface area (Å²) in [6.07, 6.45) is 12.4. The Hall–Kier alpha value is -0.990. The lowest BCUT2D eigenvalue weighted by molar-refractivity contribution is 0.156. The lowest BCUT2D eigenvalue weighted by Crippen LogP contribution is -2.25. The highest BCUT2D eigenvalue weighted by molar-refractivity contribution is 5.23. The zero-order valence-electron chi connectivity index (χ0n) is 14.7. The predicted molar refractivity (Wildman–Crippen MR) is 91.4 cm³/mol. The van der Waals surface area contributed by atoms with E-state index in [9.17, 15) is 13.2 Å². The molecule has 0 atom stereocenters. The molecule has 1 aromatic rings. The third-order valence-corrected chi connectivity index (χ3v) is 6.50. The Morgan fingerprint density at radius 3 is 1.79 bits per heavy atom. The third-order valence-electron chi connectivity index (χ3n) is 6.50. The molecule has 3 rings (SSSR count). The normalized spacial score (nSPS) is 31.2. The Morgan fingerprint density at radius 1 is 0.792 bits per heavy atom. The van der Waals surface area contributed by atoms with Gasteiger partial charge in [-0.1, -0.05) is 32.6 Å². The van der Waals surface area contributed by atoms with Gasteiger partial charge in [-0.25, -0.2) is 13.2 Å². The maximum Gasteiger partial charge on any atom is 0.194 e. The summed E-state index contributed by atoms with van der Waals surface area (Å²) in [5.41, 5.74) is 0.636. The van der Waals surface area contributed by atoms with Crippen LogP contribution in [0.4, 0.5) is 13.2 Å². The number of hydrogen-bond acceptors (Lipinski definition) is 0. The van der Waals surface area contributed by atoms with Gasteiger partial charge in [-0.2, -0.15) is 0 Å². The second kappa shape index (κ2) is 7.93. The SMILES string of the molecule is CCCC1CCC(C2CCC(c3cc(F)c(F)c(F)c3)CC2)CC1. The number of benzene rings is 1. The molecule has 24 heavy (non-hydrogen) atoms. The molecular formula is C21H29F3. The lowest BCUT2D eigenvalue weighted by atomic mass is 9.68. The van der Waals surface area contributed by atoms with E-state index in [1.165, 1.54) is 50.7 Å². The summed E-state index contributed by atoms with van der Waals surface area (Å²) in [5, 5.41) is 0. The van der Waals surface area contributed by atoms with Crippen molar-refractivity contribution in [1.29, 1.82) is 0 Å². The van der Waals surface area contributed by atoms with Gasteiger partial charge in [0.05, 0.1) is 0 Å². The molecule has 2 saturated carbocycles. The Bertz CT molecular complexity index is 515. The summed E-state index contributed by atoms with van der Waals surface area (Å²) >= 11 is 0. The Labute approximate surface area is 143 Å². The third kappa shape index (κ3) is 3.97. The van der Waals surface area contributed by atoms with Gasteiger partial charge in [-0.15, -0.1) is 0 Å². The fourth-order valence-electron chi connectivity index (χ4n) is 5.09. The van der Waals surface area contributed by atoms with Gasteiger partial charge >= 0.3 is 0 Å². The van der Waals surface area contributed by atoms with Crippen molar-refractivity contribution in [3.63, 3.8) is 0 Å². The van der Waals surface area contributed by atoms with Gasteiger partial charge in [0.15, 0.2) is 17.5 Å². The summed E-state index contributed by atoms with van der Waals surface area (Å²) in [5.74, 6) is -0.714. The van der Waals surface area contributed by atoms with Crippen molar-refractivity contribution in [2.45, 2.75) is 77.0 Å². The molecule has 134 valence electrons. The molecule has 3 heteroatoms. The molecule has 2 fully saturated rings. The minimum atomic E-state index is -1.35. The average Bonchev–Trinajstić information content (AvgIpc) is 2.60. The van der Waals surface area contributed by atoms with E-state index in [4.69, 9.17) is 0 Å². The van der Waals surface area contributed by atoms with Crippen molar-refractivity contribution in [2.75, 3.05) is 0 Å². The largest absolute Gasteiger partial charge is 0.204 e. The van der Waals surface area contributed by atoms with Gasteiger partial charge in [0, 0.05) is 0 Å². The van der Waals surface area contributed by atoms with Crippen LogP contribution in [0.25, 0.3) is 0 Å². The van der Waals surface area contributed by atoms with Gasteiger partial charge in [0.1, 0.15) is 0 Å². The maximum atomic E-state index is 13.4. The second-order valence-corrected chi connectivity index (χ2v) is 7.98. The van der Waals surface area contributed by atoms with Gasteiger partial charge < -0.3 is 0 Å². The zero-order valence-corrected chi connectivity index (χ0v) is 14.7. The van der Waals surface area contributed by atoms with E-state index in [2.05, 4.69) is 6.92 Å². The van der Waals surface area contributed by atoms with Crippen LogP contribution in [0.1, 0.15) is 82.6 Å². The van der Waals surface area contributed by atoms with Crippen LogP contribution in [0.2, 0.25) is 0 Å². The van der Waals surface area contributed by atoms with Crippen molar-refractivity contribution in [2.24, 2.45) is 17.8 Å². The summed E-state index contributed by atoms with van der Waals surface area (Å²) < 4.78 is 40.0. The molecule has 0 heterocycles. The highest BCUT2D eigenvalue weighted by atomic mass is 19.2. The monoisotopic (exact) mass is 338 g/mol. The molecule has 2 aliphatic carbocycles. The highest BCUT2D eigenvalue weighted by Gasteiger charge is 2.31. The molecular weight excluding hydrogens is 309 g/mol.